The number of rotatable bonds is 2. The van der Waals surface area contributed by atoms with Gasteiger partial charge in [-0.05, 0) is 19.3 Å². The van der Waals surface area contributed by atoms with Gasteiger partial charge in [-0.2, -0.15) is 0 Å². The van der Waals surface area contributed by atoms with Crippen LogP contribution in [0.1, 0.15) is 19.3 Å². The number of hydrogen-bond acceptors (Lipinski definition) is 2. The highest BCUT2D eigenvalue weighted by Gasteiger charge is 2.55. The van der Waals surface area contributed by atoms with Crippen molar-refractivity contribution >= 4 is 5.97 Å². The Morgan fingerprint density at radius 3 is 2.54 bits per heavy atom. The number of halogens is 2. The second-order valence-electron chi connectivity index (χ2n) is 3.35. The van der Waals surface area contributed by atoms with Crippen LogP contribution in [-0.2, 0) is 4.79 Å². The largest absolute Gasteiger partial charge is 0.479 e. The summed E-state index contributed by atoms with van der Waals surface area (Å²) in [6.07, 6.45) is -1.44. The minimum Gasteiger partial charge on any atom is -0.479 e. The highest BCUT2D eigenvalue weighted by molar-refractivity contribution is 5.79. The summed E-state index contributed by atoms with van der Waals surface area (Å²) in [4.78, 5) is 10.5. The van der Waals surface area contributed by atoms with E-state index in [2.05, 4.69) is 0 Å². The summed E-state index contributed by atoms with van der Waals surface area (Å²) in [5, 5.41) is 17.3. The molecule has 0 aliphatic heterocycles. The maximum atomic E-state index is 13.6. The quantitative estimate of drug-likeness (QED) is 0.686. The summed E-state index contributed by atoms with van der Waals surface area (Å²) in [6, 6.07) is 0. The van der Waals surface area contributed by atoms with Gasteiger partial charge in [0, 0.05) is 12.5 Å². The molecule has 13 heavy (non-hydrogen) atoms. The van der Waals surface area contributed by atoms with Crippen molar-refractivity contribution < 1.29 is 23.8 Å². The van der Waals surface area contributed by atoms with Crippen molar-refractivity contribution in [3.63, 3.8) is 0 Å². The second kappa shape index (κ2) is 3.57. The van der Waals surface area contributed by atoms with Crippen LogP contribution >= 0.6 is 0 Å². The Balaban J connectivity index is 2.90. The molecule has 3 unspecified atom stereocenters. The molecule has 1 fully saturated rings. The number of hydrogen-bond donors (Lipinski definition) is 2. The lowest BCUT2D eigenvalue weighted by Gasteiger charge is -2.35. The van der Waals surface area contributed by atoms with Gasteiger partial charge in [0.1, 0.15) is 6.17 Å². The van der Waals surface area contributed by atoms with E-state index in [1.165, 1.54) is 0 Å². The zero-order valence-corrected chi connectivity index (χ0v) is 7.04. The molecule has 0 spiro atoms. The van der Waals surface area contributed by atoms with Crippen LogP contribution in [-0.4, -0.2) is 34.6 Å². The summed E-state index contributed by atoms with van der Waals surface area (Å²) < 4.78 is 26.7. The van der Waals surface area contributed by atoms with Crippen molar-refractivity contribution in [2.24, 2.45) is 5.92 Å². The van der Waals surface area contributed by atoms with E-state index in [9.17, 15) is 13.6 Å². The summed E-state index contributed by atoms with van der Waals surface area (Å²) in [7, 11) is 0. The predicted molar refractivity (Wildman–Crippen MR) is 40.8 cm³/mol. The van der Waals surface area contributed by atoms with Gasteiger partial charge in [0.05, 0.1) is 0 Å². The van der Waals surface area contributed by atoms with Gasteiger partial charge in [0.25, 0.3) is 0 Å². The molecule has 2 N–H and O–H groups in total. The van der Waals surface area contributed by atoms with Gasteiger partial charge in [-0.3, -0.25) is 0 Å². The Labute approximate surface area is 74.4 Å². The fourth-order valence-corrected chi connectivity index (χ4v) is 1.75. The average Bonchev–Trinajstić information content (AvgIpc) is 2.09. The molecule has 0 saturated heterocycles. The SMILES string of the molecule is O=C(O)C1(F)C(F)CCCC1CO. The lowest BCUT2D eigenvalue weighted by molar-refractivity contribution is -0.167. The van der Waals surface area contributed by atoms with Crippen molar-refractivity contribution in [2.75, 3.05) is 6.61 Å². The summed E-state index contributed by atoms with van der Waals surface area (Å²) in [5.74, 6) is -2.92. The molecule has 1 saturated carbocycles. The molecule has 3 nitrogen and oxygen atoms in total. The highest BCUT2D eigenvalue weighted by Crippen LogP contribution is 2.39. The maximum Gasteiger partial charge on any atom is 0.344 e. The van der Waals surface area contributed by atoms with Crippen LogP contribution in [0.5, 0.6) is 0 Å². The number of aliphatic hydroxyl groups is 1. The lowest BCUT2D eigenvalue weighted by Crippen LogP contribution is -2.53. The van der Waals surface area contributed by atoms with E-state index in [0.29, 0.717) is 6.42 Å². The lowest BCUT2D eigenvalue weighted by atomic mass is 9.76. The number of aliphatic carboxylic acids is 1. The third-order valence-corrected chi connectivity index (χ3v) is 2.61. The van der Waals surface area contributed by atoms with Gasteiger partial charge in [0.2, 0.25) is 5.67 Å². The van der Waals surface area contributed by atoms with Crippen LogP contribution < -0.4 is 0 Å². The highest BCUT2D eigenvalue weighted by atomic mass is 19.2. The molecule has 0 aromatic carbocycles. The maximum absolute atomic E-state index is 13.6. The molecular weight excluding hydrogens is 182 g/mol. The summed E-state index contributed by atoms with van der Waals surface area (Å²) in [5.41, 5.74) is -2.90. The van der Waals surface area contributed by atoms with Gasteiger partial charge in [0.15, 0.2) is 0 Å². The van der Waals surface area contributed by atoms with Crippen LogP contribution in [0.2, 0.25) is 0 Å². The first-order chi connectivity index (χ1) is 6.03. The van der Waals surface area contributed by atoms with Crippen molar-refractivity contribution in [2.45, 2.75) is 31.1 Å². The standard InChI is InChI=1S/C8H12F2O3/c9-6-3-1-2-5(4-11)8(6,10)7(12)13/h5-6,11H,1-4H2,(H,12,13). The molecular formula is C8H12F2O3. The van der Waals surface area contributed by atoms with Crippen LogP contribution in [0.3, 0.4) is 0 Å². The van der Waals surface area contributed by atoms with E-state index in [-0.39, 0.29) is 12.8 Å². The zero-order chi connectivity index (χ0) is 10.1. The minimum absolute atomic E-state index is 0.0840. The Hall–Kier alpha value is -0.710. The number of carboxylic acid groups (broad SMARTS) is 1. The van der Waals surface area contributed by atoms with E-state index in [4.69, 9.17) is 10.2 Å². The third-order valence-electron chi connectivity index (χ3n) is 2.61. The fourth-order valence-electron chi connectivity index (χ4n) is 1.75. The van der Waals surface area contributed by atoms with E-state index in [0.717, 1.165) is 0 Å². The molecule has 5 heteroatoms. The second-order valence-corrected chi connectivity index (χ2v) is 3.35. The monoisotopic (exact) mass is 194 g/mol. The molecule has 0 heterocycles. The number of carboxylic acids is 1. The molecule has 1 rings (SSSR count). The minimum atomic E-state index is -2.90. The summed E-state index contributed by atoms with van der Waals surface area (Å²) in [6.45, 7) is -0.622. The van der Waals surface area contributed by atoms with E-state index >= 15 is 0 Å². The molecule has 3 atom stereocenters. The molecule has 0 aromatic heterocycles. The molecule has 1 aliphatic carbocycles. The molecule has 76 valence electrons. The van der Waals surface area contributed by atoms with Crippen molar-refractivity contribution in [1.29, 1.82) is 0 Å². The number of aliphatic hydroxyl groups excluding tert-OH is 1. The zero-order valence-electron chi connectivity index (χ0n) is 7.04. The van der Waals surface area contributed by atoms with Crippen molar-refractivity contribution in [3.05, 3.63) is 0 Å². The van der Waals surface area contributed by atoms with Crippen LogP contribution in [0.15, 0.2) is 0 Å². The Morgan fingerprint density at radius 2 is 2.15 bits per heavy atom. The van der Waals surface area contributed by atoms with Crippen LogP contribution in [0.4, 0.5) is 8.78 Å². The smallest absolute Gasteiger partial charge is 0.344 e. The first-order valence-corrected chi connectivity index (χ1v) is 4.20. The van der Waals surface area contributed by atoms with Crippen molar-refractivity contribution in [3.8, 4) is 0 Å². The van der Waals surface area contributed by atoms with Gasteiger partial charge >= 0.3 is 5.97 Å². The Bertz CT molecular complexity index is 210. The Kier molecular flexibility index (Phi) is 2.85. The van der Waals surface area contributed by atoms with E-state index < -0.39 is 30.3 Å². The number of alkyl halides is 2. The topological polar surface area (TPSA) is 57.5 Å². The van der Waals surface area contributed by atoms with Gasteiger partial charge < -0.3 is 10.2 Å². The first-order valence-electron chi connectivity index (χ1n) is 4.20. The molecule has 0 radical (unpaired) electrons. The van der Waals surface area contributed by atoms with Gasteiger partial charge in [-0.1, -0.05) is 0 Å². The third kappa shape index (κ3) is 1.52. The van der Waals surface area contributed by atoms with Crippen LogP contribution in [0, 0.1) is 5.92 Å². The molecule has 0 amide bonds. The van der Waals surface area contributed by atoms with E-state index in [1.54, 1.807) is 0 Å². The predicted octanol–water partition coefficient (Wildman–Crippen LogP) is 0.910. The number of carbonyl (C=O) groups is 1. The molecule has 1 aliphatic rings. The molecule has 0 aromatic rings. The summed E-state index contributed by atoms with van der Waals surface area (Å²) >= 11 is 0. The normalized spacial score (nSPS) is 40.2. The van der Waals surface area contributed by atoms with Gasteiger partial charge in [-0.15, -0.1) is 0 Å². The van der Waals surface area contributed by atoms with Crippen LogP contribution in [0.25, 0.3) is 0 Å². The molecule has 0 bridgehead atoms. The Morgan fingerprint density at radius 1 is 1.54 bits per heavy atom. The van der Waals surface area contributed by atoms with E-state index in [1.807, 2.05) is 0 Å². The van der Waals surface area contributed by atoms with Crippen molar-refractivity contribution in [1.82, 2.24) is 0 Å². The first kappa shape index (κ1) is 10.4. The average molecular weight is 194 g/mol. The fraction of sp³-hybridized carbons (Fsp3) is 0.875. The van der Waals surface area contributed by atoms with Gasteiger partial charge in [-0.25, -0.2) is 13.6 Å².